The van der Waals surface area contributed by atoms with Gasteiger partial charge in [0.2, 0.25) is 0 Å². The first-order chi connectivity index (χ1) is 7.46. The van der Waals surface area contributed by atoms with Gasteiger partial charge in [0.1, 0.15) is 0 Å². The van der Waals surface area contributed by atoms with Gasteiger partial charge in [0, 0.05) is 5.56 Å². The molecule has 1 aromatic carbocycles. The van der Waals surface area contributed by atoms with Gasteiger partial charge in [-0.25, -0.2) is 0 Å². The molecule has 1 aliphatic carbocycles. The first-order valence-electron chi connectivity index (χ1n) is 5.46. The molecule has 16 heavy (non-hydrogen) atoms. The molecule has 3 heteroatoms. The molecule has 1 fully saturated rings. The number of hydrogen-bond donors (Lipinski definition) is 1. The van der Waals surface area contributed by atoms with E-state index in [0.717, 1.165) is 23.5 Å². The molecular formula is C13H19NO2. The van der Waals surface area contributed by atoms with E-state index in [0.29, 0.717) is 0 Å². The molecule has 3 nitrogen and oxygen atoms in total. The van der Waals surface area contributed by atoms with Crippen LogP contribution in [-0.2, 0) is 5.54 Å². The van der Waals surface area contributed by atoms with E-state index >= 15 is 0 Å². The molecule has 0 aromatic heterocycles. The Hall–Kier alpha value is -1.22. The number of para-hydroxylation sites is 1. The molecule has 2 N–H and O–H groups in total. The summed E-state index contributed by atoms with van der Waals surface area (Å²) in [6, 6.07) is 5.87. The summed E-state index contributed by atoms with van der Waals surface area (Å²) in [5, 5.41) is 0. The van der Waals surface area contributed by atoms with Crippen molar-refractivity contribution in [1.29, 1.82) is 0 Å². The highest BCUT2D eigenvalue weighted by atomic mass is 16.5. The standard InChI is InChI=1S/C13H19NO2/c1-12(2)8-13(12,14)9-6-5-7-10(15-3)11(9)16-4/h5-7H,8,14H2,1-4H3. The Balaban J connectivity index is 2.50. The van der Waals surface area contributed by atoms with E-state index in [9.17, 15) is 0 Å². The normalized spacial score (nSPS) is 26.3. The predicted octanol–water partition coefficient (Wildman–Crippen LogP) is 2.29. The van der Waals surface area contributed by atoms with Crippen molar-refractivity contribution in [3.8, 4) is 11.5 Å². The van der Waals surface area contributed by atoms with Crippen LogP contribution >= 0.6 is 0 Å². The Bertz CT molecular complexity index is 414. The molecule has 0 heterocycles. The zero-order chi connectivity index (χ0) is 12.0. The van der Waals surface area contributed by atoms with Crippen LogP contribution in [0.25, 0.3) is 0 Å². The largest absolute Gasteiger partial charge is 0.493 e. The Morgan fingerprint density at radius 3 is 2.25 bits per heavy atom. The van der Waals surface area contributed by atoms with Crippen molar-refractivity contribution in [2.24, 2.45) is 11.1 Å². The monoisotopic (exact) mass is 221 g/mol. The van der Waals surface area contributed by atoms with Gasteiger partial charge >= 0.3 is 0 Å². The van der Waals surface area contributed by atoms with Gasteiger partial charge in [-0.3, -0.25) is 0 Å². The van der Waals surface area contributed by atoms with Gasteiger partial charge in [-0.15, -0.1) is 0 Å². The Kier molecular flexibility index (Phi) is 2.39. The number of nitrogens with two attached hydrogens (primary N) is 1. The fourth-order valence-corrected chi connectivity index (χ4v) is 2.35. The fourth-order valence-electron chi connectivity index (χ4n) is 2.35. The third kappa shape index (κ3) is 1.39. The van der Waals surface area contributed by atoms with Crippen LogP contribution in [0, 0.1) is 5.41 Å². The average molecular weight is 221 g/mol. The summed E-state index contributed by atoms with van der Waals surface area (Å²) in [6.45, 7) is 4.35. The number of benzene rings is 1. The lowest BCUT2D eigenvalue weighted by atomic mass is 9.96. The maximum atomic E-state index is 6.41. The molecule has 1 unspecified atom stereocenters. The molecule has 88 valence electrons. The minimum absolute atomic E-state index is 0.132. The van der Waals surface area contributed by atoms with Crippen molar-refractivity contribution >= 4 is 0 Å². The minimum Gasteiger partial charge on any atom is -0.493 e. The molecular weight excluding hydrogens is 202 g/mol. The molecule has 0 radical (unpaired) electrons. The summed E-state index contributed by atoms with van der Waals surface area (Å²) in [6.07, 6.45) is 0.976. The maximum Gasteiger partial charge on any atom is 0.165 e. The predicted molar refractivity (Wildman–Crippen MR) is 63.8 cm³/mol. The number of ether oxygens (including phenoxy) is 2. The summed E-state index contributed by atoms with van der Waals surface area (Å²) in [7, 11) is 3.29. The Labute approximate surface area is 96.5 Å². The van der Waals surface area contributed by atoms with E-state index in [1.54, 1.807) is 14.2 Å². The summed E-state index contributed by atoms with van der Waals surface area (Å²) >= 11 is 0. The van der Waals surface area contributed by atoms with Gasteiger partial charge in [0.25, 0.3) is 0 Å². The molecule has 1 aliphatic rings. The second kappa shape index (κ2) is 3.39. The average Bonchev–Trinajstić information content (AvgIpc) is 2.78. The van der Waals surface area contributed by atoms with Crippen LogP contribution in [0.15, 0.2) is 18.2 Å². The number of methoxy groups -OCH3 is 2. The van der Waals surface area contributed by atoms with Crippen molar-refractivity contribution in [3.63, 3.8) is 0 Å². The third-order valence-corrected chi connectivity index (χ3v) is 3.69. The molecule has 0 spiro atoms. The highest BCUT2D eigenvalue weighted by Gasteiger charge is 2.60. The lowest BCUT2D eigenvalue weighted by molar-refractivity contribution is 0.345. The van der Waals surface area contributed by atoms with E-state index in [1.165, 1.54) is 0 Å². The molecule has 0 saturated heterocycles. The molecule has 0 amide bonds. The van der Waals surface area contributed by atoms with Gasteiger partial charge in [0.15, 0.2) is 11.5 Å². The summed E-state index contributed by atoms with van der Waals surface area (Å²) in [5.41, 5.74) is 7.30. The summed E-state index contributed by atoms with van der Waals surface area (Å²) in [4.78, 5) is 0. The molecule has 1 atom stereocenters. The van der Waals surface area contributed by atoms with Crippen LogP contribution in [0.5, 0.6) is 11.5 Å². The Morgan fingerprint density at radius 1 is 1.19 bits per heavy atom. The van der Waals surface area contributed by atoms with E-state index < -0.39 is 0 Å². The van der Waals surface area contributed by atoms with E-state index in [4.69, 9.17) is 15.2 Å². The van der Waals surface area contributed by atoms with Crippen LogP contribution in [0.4, 0.5) is 0 Å². The second-order valence-corrected chi connectivity index (χ2v) is 5.07. The van der Waals surface area contributed by atoms with Crippen molar-refractivity contribution in [1.82, 2.24) is 0 Å². The maximum absolute atomic E-state index is 6.41. The summed E-state index contributed by atoms with van der Waals surface area (Å²) < 4.78 is 10.7. The molecule has 1 saturated carbocycles. The van der Waals surface area contributed by atoms with Crippen LogP contribution in [0.2, 0.25) is 0 Å². The van der Waals surface area contributed by atoms with Gasteiger partial charge in [-0.05, 0) is 17.9 Å². The van der Waals surface area contributed by atoms with Crippen molar-refractivity contribution < 1.29 is 9.47 Å². The SMILES string of the molecule is COc1cccc(C2(N)CC2(C)C)c1OC. The highest BCUT2D eigenvalue weighted by Crippen LogP contribution is 2.62. The third-order valence-electron chi connectivity index (χ3n) is 3.69. The fraction of sp³-hybridized carbons (Fsp3) is 0.538. The van der Waals surface area contributed by atoms with Crippen LogP contribution in [0.3, 0.4) is 0 Å². The van der Waals surface area contributed by atoms with Crippen LogP contribution < -0.4 is 15.2 Å². The van der Waals surface area contributed by atoms with E-state index in [1.807, 2.05) is 18.2 Å². The molecule has 1 aromatic rings. The van der Waals surface area contributed by atoms with Crippen LogP contribution in [-0.4, -0.2) is 14.2 Å². The molecule has 0 bridgehead atoms. The summed E-state index contributed by atoms with van der Waals surface area (Å²) in [5.74, 6) is 1.51. The molecule has 2 rings (SSSR count). The zero-order valence-electron chi connectivity index (χ0n) is 10.3. The first-order valence-corrected chi connectivity index (χ1v) is 5.46. The number of rotatable bonds is 3. The smallest absolute Gasteiger partial charge is 0.165 e. The topological polar surface area (TPSA) is 44.5 Å². The zero-order valence-corrected chi connectivity index (χ0v) is 10.3. The lowest BCUT2D eigenvalue weighted by Gasteiger charge is -2.20. The van der Waals surface area contributed by atoms with Crippen molar-refractivity contribution in [2.75, 3.05) is 14.2 Å². The van der Waals surface area contributed by atoms with Gasteiger partial charge < -0.3 is 15.2 Å². The highest BCUT2D eigenvalue weighted by molar-refractivity contribution is 5.53. The Morgan fingerprint density at radius 2 is 1.81 bits per heavy atom. The first kappa shape index (κ1) is 11.3. The second-order valence-electron chi connectivity index (χ2n) is 5.07. The van der Waals surface area contributed by atoms with Crippen LogP contribution in [0.1, 0.15) is 25.8 Å². The quantitative estimate of drug-likeness (QED) is 0.851. The van der Waals surface area contributed by atoms with E-state index in [2.05, 4.69) is 13.8 Å². The van der Waals surface area contributed by atoms with E-state index in [-0.39, 0.29) is 11.0 Å². The van der Waals surface area contributed by atoms with Gasteiger partial charge in [-0.1, -0.05) is 26.0 Å². The molecule has 0 aliphatic heterocycles. The van der Waals surface area contributed by atoms with Gasteiger partial charge in [-0.2, -0.15) is 0 Å². The minimum atomic E-state index is -0.285. The number of hydrogen-bond acceptors (Lipinski definition) is 3. The van der Waals surface area contributed by atoms with Crippen molar-refractivity contribution in [3.05, 3.63) is 23.8 Å². The lowest BCUT2D eigenvalue weighted by Crippen LogP contribution is -2.26. The van der Waals surface area contributed by atoms with Gasteiger partial charge in [0.05, 0.1) is 19.8 Å². The van der Waals surface area contributed by atoms with Crippen molar-refractivity contribution in [2.45, 2.75) is 25.8 Å².